The maximum Gasteiger partial charge on any atom is 0.327 e. The summed E-state index contributed by atoms with van der Waals surface area (Å²) >= 11 is 0. The Hall–Kier alpha value is -1.55. The molecule has 0 saturated heterocycles. The highest BCUT2D eigenvalue weighted by molar-refractivity contribution is 5.77. The van der Waals surface area contributed by atoms with Crippen LogP contribution in [0.25, 0.3) is 0 Å². The number of esters is 1. The highest BCUT2D eigenvalue weighted by atomic mass is 16.5. The molecule has 18 heavy (non-hydrogen) atoms. The van der Waals surface area contributed by atoms with Gasteiger partial charge in [-0.1, -0.05) is 26.0 Å². The summed E-state index contributed by atoms with van der Waals surface area (Å²) in [6, 6.07) is 6.49. The largest absolute Gasteiger partial charge is 0.493 e. The number of hydrogen-bond acceptors (Lipinski definition) is 4. The molecule has 0 bridgehead atoms. The first-order chi connectivity index (χ1) is 8.54. The van der Waals surface area contributed by atoms with E-state index in [0.717, 1.165) is 5.75 Å². The first-order valence-electron chi connectivity index (χ1n) is 6.19. The Bertz CT molecular complexity index is 390. The smallest absolute Gasteiger partial charge is 0.327 e. The second kappa shape index (κ2) is 7.01. The van der Waals surface area contributed by atoms with Crippen LogP contribution in [0.1, 0.15) is 32.4 Å². The van der Waals surface area contributed by atoms with Crippen LogP contribution in [0.5, 0.6) is 5.75 Å². The molecule has 1 unspecified atom stereocenters. The molecule has 1 atom stereocenters. The van der Waals surface area contributed by atoms with Gasteiger partial charge in [0.15, 0.2) is 0 Å². The lowest BCUT2D eigenvalue weighted by Crippen LogP contribution is -2.23. The van der Waals surface area contributed by atoms with Crippen molar-refractivity contribution in [1.82, 2.24) is 0 Å². The van der Waals surface area contributed by atoms with Gasteiger partial charge >= 0.3 is 5.97 Å². The molecule has 0 amide bonds. The first kappa shape index (κ1) is 14.5. The predicted molar refractivity (Wildman–Crippen MR) is 70.3 cm³/mol. The molecule has 2 N–H and O–H groups in total. The van der Waals surface area contributed by atoms with Gasteiger partial charge in [0, 0.05) is 0 Å². The van der Waals surface area contributed by atoms with Gasteiger partial charge in [-0.15, -0.1) is 0 Å². The zero-order valence-corrected chi connectivity index (χ0v) is 11.2. The van der Waals surface area contributed by atoms with Crippen LogP contribution in [0.3, 0.4) is 0 Å². The third-order valence-corrected chi connectivity index (χ3v) is 2.34. The van der Waals surface area contributed by atoms with E-state index in [1.54, 1.807) is 19.1 Å². The highest BCUT2D eigenvalue weighted by Crippen LogP contribution is 2.19. The number of nitrogens with two attached hydrogens (primary N) is 1. The monoisotopic (exact) mass is 251 g/mol. The van der Waals surface area contributed by atoms with Crippen LogP contribution in [0.2, 0.25) is 0 Å². The van der Waals surface area contributed by atoms with E-state index in [0.29, 0.717) is 24.7 Å². The zero-order chi connectivity index (χ0) is 13.5. The normalized spacial score (nSPS) is 12.3. The lowest BCUT2D eigenvalue weighted by atomic mass is 10.1. The molecular weight excluding hydrogens is 230 g/mol. The van der Waals surface area contributed by atoms with Gasteiger partial charge < -0.3 is 15.2 Å². The summed E-state index contributed by atoms with van der Waals surface area (Å²) in [5.74, 6) is 0.756. The third-order valence-electron chi connectivity index (χ3n) is 2.34. The fraction of sp³-hybridized carbons (Fsp3) is 0.500. The lowest BCUT2D eigenvalue weighted by molar-refractivity contribution is -0.144. The summed E-state index contributed by atoms with van der Waals surface area (Å²) in [5, 5.41) is 0. The Morgan fingerprint density at radius 2 is 2.11 bits per heavy atom. The number of hydrogen-bond donors (Lipinski definition) is 1. The Kier molecular flexibility index (Phi) is 5.65. The predicted octanol–water partition coefficient (Wildman–Crippen LogP) is 2.28. The summed E-state index contributed by atoms with van der Waals surface area (Å²) in [5.41, 5.74) is 6.52. The molecule has 0 aliphatic heterocycles. The Morgan fingerprint density at radius 3 is 2.72 bits per heavy atom. The Labute approximate surface area is 108 Å². The van der Waals surface area contributed by atoms with Crippen molar-refractivity contribution in [3.05, 3.63) is 29.8 Å². The minimum Gasteiger partial charge on any atom is -0.493 e. The summed E-state index contributed by atoms with van der Waals surface area (Å²) in [4.78, 5) is 11.5. The van der Waals surface area contributed by atoms with Crippen LogP contribution in [-0.4, -0.2) is 19.2 Å². The van der Waals surface area contributed by atoms with E-state index in [-0.39, 0.29) is 0 Å². The minimum absolute atomic E-state index is 0.329. The first-order valence-corrected chi connectivity index (χ1v) is 6.19. The standard InChI is InChI=1S/C14H21NO3/c1-4-17-14(16)13(15)11-6-5-7-12(8-11)18-9-10(2)3/h5-8,10,13H,4,9,15H2,1-3H3. The molecule has 0 fully saturated rings. The van der Waals surface area contributed by atoms with Gasteiger partial charge in [-0.25, -0.2) is 4.79 Å². The van der Waals surface area contributed by atoms with E-state index in [1.807, 2.05) is 12.1 Å². The highest BCUT2D eigenvalue weighted by Gasteiger charge is 2.17. The second-order valence-corrected chi connectivity index (χ2v) is 4.51. The number of ether oxygens (including phenoxy) is 2. The molecule has 0 aliphatic carbocycles. The van der Waals surface area contributed by atoms with Crippen LogP contribution in [0.15, 0.2) is 24.3 Å². The molecule has 1 rings (SSSR count). The van der Waals surface area contributed by atoms with E-state index in [4.69, 9.17) is 15.2 Å². The molecule has 0 radical (unpaired) electrons. The van der Waals surface area contributed by atoms with Crippen LogP contribution >= 0.6 is 0 Å². The molecule has 0 spiro atoms. The van der Waals surface area contributed by atoms with Gasteiger partial charge in [-0.05, 0) is 30.5 Å². The van der Waals surface area contributed by atoms with Crippen molar-refractivity contribution < 1.29 is 14.3 Å². The van der Waals surface area contributed by atoms with Crippen LogP contribution in [0.4, 0.5) is 0 Å². The summed E-state index contributed by atoms with van der Waals surface area (Å²) in [6.07, 6.45) is 0. The molecule has 4 heteroatoms. The molecule has 0 aromatic heterocycles. The number of rotatable bonds is 6. The van der Waals surface area contributed by atoms with Crippen molar-refractivity contribution in [1.29, 1.82) is 0 Å². The third kappa shape index (κ3) is 4.37. The van der Waals surface area contributed by atoms with Crippen molar-refractivity contribution >= 4 is 5.97 Å². The average molecular weight is 251 g/mol. The van der Waals surface area contributed by atoms with E-state index in [1.165, 1.54) is 0 Å². The SMILES string of the molecule is CCOC(=O)C(N)c1cccc(OCC(C)C)c1. The molecule has 1 aromatic carbocycles. The molecule has 100 valence electrons. The maximum atomic E-state index is 11.5. The zero-order valence-electron chi connectivity index (χ0n) is 11.2. The minimum atomic E-state index is -0.757. The van der Waals surface area contributed by atoms with E-state index >= 15 is 0 Å². The summed E-state index contributed by atoms with van der Waals surface area (Å²) < 4.78 is 10.5. The quantitative estimate of drug-likeness (QED) is 0.788. The summed E-state index contributed by atoms with van der Waals surface area (Å²) in [6.45, 7) is 6.88. The fourth-order valence-corrected chi connectivity index (χ4v) is 1.43. The van der Waals surface area contributed by atoms with Crippen LogP contribution in [0, 0.1) is 5.92 Å². The van der Waals surface area contributed by atoms with E-state index in [2.05, 4.69) is 13.8 Å². The summed E-state index contributed by atoms with van der Waals surface area (Å²) in [7, 11) is 0. The van der Waals surface area contributed by atoms with Gasteiger partial charge in [0.2, 0.25) is 0 Å². The topological polar surface area (TPSA) is 61.5 Å². The second-order valence-electron chi connectivity index (χ2n) is 4.51. The van der Waals surface area contributed by atoms with Gasteiger partial charge in [-0.2, -0.15) is 0 Å². The molecular formula is C14H21NO3. The van der Waals surface area contributed by atoms with Crippen molar-refractivity contribution in [2.75, 3.05) is 13.2 Å². The Balaban J connectivity index is 2.71. The maximum absolute atomic E-state index is 11.5. The number of carbonyl (C=O) groups excluding carboxylic acids is 1. The fourth-order valence-electron chi connectivity index (χ4n) is 1.43. The van der Waals surface area contributed by atoms with Crippen molar-refractivity contribution in [2.24, 2.45) is 11.7 Å². The Morgan fingerprint density at radius 1 is 1.39 bits per heavy atom. The van der Waals surface area contributed by atoms with Crippen molar-refractivity contribution in [3.63, 3.8) is 0 Å². The van der Waals surface area contributed by atoms with Gasteiger partial charge in [0.05, 0.1) is 13.2 Å². The van der Waals surface area contributed by atoms with E-state index in [9.17, 15) is 4.79 Å². The molecule has 0 heterocycles. The molecule has 0 aliphatic rings. The van der Waals surface area contributed by atoms with Crippen LogP contribution in [-0.2, 0) is 9.53 Å². The van der Waals surface area contributed by atoms with Crippen molar-refractivity contribution in [2.45, 2.75) is 26.8 Å². The van der Waals surface area contributed by atoms with Crippen LogP contribution < -0.4 is 10.5 Å². The molecule has 0 saturated carbocycles. The van der Waals surface area contributed by atoms with Gasteiger partial charge in [0.1, 0.15) is 11.8 Å². The van der Waals surface area contributed by atoms with Crippen molar-refractivity contribution in [3.8, 4) is 5.75 Å². The average Bonchev–Trinajstić information content (AvgIpc) is 2.36. The molecule has 1 aromatic rings. The van der Waals surface area contributed by atoms with E-state index < -0.39 is 12.0 Å². The van der Waals surface area contributed by atoms with Gasteiger partial charge in [0.25, 0.3) is 0 Å². The number of benzene rings is 1. The molecule has 4 nitrogen and oxygen atoms in total. The lowest BCUT2D eigenvalue weighted by Gasteiger charge is -2.13. The van der Waals surface area contributed by atoms with Gasteiger partial charge in [-0.3, -0.25) is 0 Å². The number of carbonyl (C=O) groups is 1.